The van der Waals surface area contributed by atoms with Gasteiger partial charge in [-0.15, -0.1) is 0 Å². The van der Waals surface area contributed by atoms with E-state index in [1.165, 1.54) is 12.8 Å². The second-order valence-electron chi connectivity index (χ2n) is 4.76. The number of hydrogen-bond donors (Lipinski definition) is 3. The number of aromatic nitrogens is 1. The van der Waals surface area contributed by atoms with Gasteiger partial charge in [0.1, 0.15) is 5.82 Å². The molecule has 2 rings (SSSR count). The summed E-state index contributed by atoms with van der Waals surface area (Å²) in [5, 5.41) is 12.3. The fourth-order valence-electron chi connectivity index (χ4n) is 1.98. The number of nitrogens with one attached hydrogen (secondary N) is 1. The van der Waals surface area contributed by atoms with Crippen LogP contribution in [-0.2, 0) is 0 Å². The summed E-state index contributed by atoms with van der Waals surface area (Å²) in [4.78, 5) is 4.27. The van der Waals surface area contributed by atoms with Gasteiger partial charge in [-0.2, -0.15) is 0 Å². The molecule has 88 valence electrons. The highest BCUT2D eigenvalue weighted by molar-refractivity contribution is 5.50. The number of aryl methyl sites for hydroxylation is 1. The Kier molecular flexibility index (Phi) is 3.01. The average Bonchev–Trinajstić information content (AvgIpc) is 2.98. The number of nitrogen functional groups attached to an aromatic ring is 1. The molecule has 4 nitrogen and oxygen atoms in total. The second kappa shape index (κ2) is 4.29. The van der Waals surface area contributed by atoms with Crippen LogP contribution in [0.3, 0.4) is 0 Å². The molecule has 1 fully saturated rings. The van der Waals surface area contributed by atoms with E-state index in [2.05, 4.69) is 10.3 Å². The molecular weight excluding hydrogens is 202 g/mol. The minimum atomic E-state index is 0.274. The zero-order valence-corrected chi connectivity index (χ0v) is 9.66. The van der Waals surface area contributed by atoms with E-state index in [-0.39, 0.29) is 6.61 Å². The van der Waals surface area contributed by atoms with Crippen LogP contribution < -0.4 is 11.1 Å². The predicted octanol–water partition coefficient (Wildman–Crippen LogP) is 1.55. The van der Waals surface area contributed by atoms with Crippen molar-refractivity contribution < 1.29 is 5.11 Å². The standard InChI is InChI=1S/C12H19N3O/c1-9-6-10(13)7-14-11(9)15-8-12(2-3-12)4-5-16/h6-7,16H,2-5,8,13H2,1H3,(H,14,15). The van der Waals surface area contributed by atoms with Crippen molar-refractivity contribution >= 4 is 11.5 Å². The van der Waals surface area contributed by atoms with Crippen molar-refractivity contribution in [3.63, 3.8) is 0 Å². The number of pyridine rings is 1. The molecule has 1 aliphatic rings. The number of anilines is 2. The fraction of sp³-hybridized carbons (Fsp3) is 0.583. The van der Waals surface area contributed by atoms with Gasteiger partial charge in [0.15, 0.2) is 0 Å². The lowest BCUT2D eigenvalue weighted by Gasteiger charge is -2.16. The highest BCUT2D eigenvalue weighted by Gasteiger charge is 2.41. The van der Waals surface area contributed by atoms with E-state index in [1.54, 1.807) is 6.20 Å². The summed E-state index contributed by atoms with van der Waals surface area (Å²) < 4.78 is 0. The van der Waals surface area contributed by atoms with E-state index in [0.29, 0.717) is 11.1 Å². The van der Waals surface area contributed by atoms with Crippen molar-refractivity contribution in [2.45, 2.75) is 26.2 Å². The summed E-state index contributed by atoms with van der Waals surface area (Å²) in [6, 6.07) is 1.92. The molecule has 4 N–H and O–H groups in total. The number of rotatable bonds is 5. The van der Waals surface area contributed by atoms with Crippen LogP contribution in [0.4, 0.5) is 11.5 Å². The molecule has 0 saturated heterocycles. The van der Waals surface area contributed by atoms with Gasteiger partial charge in [-0.1, -0.05) is 0 Å². The van der Waals surface area contributed by atoms with Gasteiger partial charge in [0.25, 0.3) is 0 Å². The molecule has 0 amide bonds. The SMILES string of the molecule is Cc1cc(N)cnc1NCC1(CCO)CC1. The second-order valence-corrected chi connectivity index (χ2v) is 4.76. The molecular formula is C12H19N3O. The van der Waals surface area contributed by atoms with E-state index < -0.39 is 0 Å². The molecule has 0 radical (unpaired) electrons. The summed E-state index contributed by atoms with van der Waals surface area (Å²) in [6.45, 7) is 3.17. The first-order valence-electron chi connectivity index (χ1n) is 5.72. The molecule has 4 heteroatoms. The van der Waals surface area contributed by atoms with E-state index in [9.17, 15) is 0 Å². The minimum absolute atomic E-state index is 0.274. The van der Waals surface area contributed by atoms with Gasteiger partial charge in [0.05, 0.1) is 11.9 Å². The first-order chi connectivity index (χ1) is 7.65. The maximum atomic E-state index is 8.97. The largest absolute Gasteiger partial charge is 0.397 e. The third-order valence-corrected chi connectivity index (χ3v) is 3.33. The molecule has 0 bridgehead atoms. The zero-order chi connectivity index (χ0) is 11.6. The quantitative estimate of drug-likeness (QED) is 0.705. The molecule has 0 unspecified atom stereocenters. The lowest BCUT2D eigenvalue weighted by atomic mass is 10.0. The van der Waals surface area contributed by atoms with Gasteiger partial charge in [0.2, 0.25) is 0 Å². The van der Waals surface area contributed by atoms with Gasteiger partial charge >= 0.3 is 0 Å². The Hall–Kier alpha value is -1.29. The Morgan fingerprint density at radius 1 is 1.56 bits per heavy atom. The number of aliphatic hydroxyl groups is 1. The summed E-state index contributed by atoms with van der Waals surface area (Å²) in [5.41, 5.74) is 7.72. The molecule has 0 aliphatic heterocycles. The lowest BCUT2D eigenvalue weighted by Crippen LogP contribution is -2.18. The molecule has 0 spiro atoms. The van der Waals surface area contributed by atoms with Crippen molar-refractivity contribution in [1.82, 2.24) is 4.98 Å². The van der Waals surface area contributed by atoms with Crippen molar-refractivity contribution in [1.29, 1.82) is 0 Å². The Morgan fingerprint density at radius 2 is 2.31 bits per heavy atom. The summed E-state index contributed by atoms with van der Waals surface area (Å²) in [7, 11) is 0. The number of nitrogens with zero attached hydrogens (tertiary/aromatic N) is 1. The first-order valence-corrected chi connectivity index (χ1v) is 5.72. The number of nitrogens with two attached hydrogens (primary N) is 1. The van der Waals surface area contributed by atoms with E-state index in [0.717, 1.165) is 24.3 Å². The van der Waals surface area contributed by atoms with Crippen molar-refractivity contribution in [3.05, 3.63) is 17.8 Å². The van der Waals surface area contributed by atoms with E-state index in [4.69, 9.17) is 10.8 Å². The third kappa shape index (κ3) is 2.44. The smallest absolute Gasteiger partial charge is 0.129 e. The Labute approximate surface area is 95.9 Å². The van der Waals surface area contributed by atoms with E-state index in [1.807, 2.05) is 13.0 Å². The molecule has 16 heavy (non-hydrogen) atoms. The van der Waals surface area contributed by atoms with Crippen LogP contribution in [0.2, 0.25) is 0 Å². The van der Waals surface area contributed by atoms with Crippen LogP contribution in [0.1, 0.15) is 24.8 Å². The van der Waals surface area contributed by atoms with Crippen LogP contribution >= 0.6 is 0 Å². The first kappa shape index (κ1) is 11.2. The molecule has 1 aromatic rings. The monoisotopic (exact) mass is 221 g/mol. The summed E-state index contributed by atoms with van der Waals surface area (Å²) in [5.74, 6) is 0.901. The molecule has 1 aliphatic carbocycles. The predicted molar refractivity (Wildman–Crippen MR) is 65.2 cm³/mol. The van der Waals surface area contributed by atoms with Gasteiger partial charge in [-0.25, -0.2) is 4.98 Å². The van der Waals surface area contributed by atoms with Gasteiger partial charge < -0.3 is 16.2 Å². The van der Waals surface area contributed by atoms with Gasteiger partial charge in [-0.05, 0) is 43.2 Å². The number of aliphatic hydroxyl groups excluding tert-OH is 1. The maximum absolute atomic E-state index is 8.97. The Morgan fingerprint density at radius 3 is 2.88 bits per heavy atom. The summed E-state index contributed by atoms with van der Waals surface area (Å²) in [6.07, 6.45) is 4.96. The number of hydrogen-bond acceptors (Lipinski definition) is 4. The molecule has 0 aromatic carbocycles. The van der Waals surface area contributed by atoms with Crippen LogP contribution in [0.5, 0.6) is 0 Å². The van der Waals surface area contributed by atoms with Gasteiger partial charge in [-0.3, -0.25) is 0 Å². The maximum Gasteiger partial charge on any atom is 0.129 e. The normalized spacial score (nSPS) is 17.1. The fourth-order valence-corrected chi connectivity index (χ4v) is 1.98. The van der Waals surface area contributed by atoms with Gasteiger partial charge in [0, 0.05) is 13.2 Å². The Bertz CT molecular complexity index is 375. The highest BCUT2D eigenvalue weighted by atomic mass is 16.3. The Balaban J connectivity index is 1.94. The van der Waals surface area contributed by atoms with Crippen LogP contribution in [0, 0.1) is 12.3 Å². The molecule has 1 heterocycles. The molecule has 1 aromatic heterocycles. The zero-order valence-electron chi connectivity index (χ0n) is 9.66. The lowest BCUT2D eigenvalue weighted by molar-refractivity contribution is 0.253. The van der Waals surface area contributed by atoms with Crippen molar-refractivity contribution in [3.8, 4) is 0 Å². The van der Waals surface area contributed by atoms with Crippen molar-refractivity contribution in [2.75, 3.05) is 24.2 Å². The molecule has 1 saturated carbocycles. The topological polar surface area (TPSA) is 71.2 Å². The highest BCUT2D eigenvalue weighted by Crippen LogP contribution is 2.48. The van der Waals surface area contributed by atoms with E-state index >= 15 is 0 Å². The summed E-state index contributed by atoms with van der Waals surface area (Å²) >= 11 is 0. The van der Waals surface area contributed by atoms with Crippen LogP contribution in [-0.4, -0.2) is 23.2 Å². The minimum Gasteiger partial charge on any atom is -0.397 e. The average molecular weight is 221 g/mol. The molecule has 0 atom stereocenters. The van der Waals surface area contributed by atoms with Crippen molar-refractivity contribution in [2.24, 2.45) is 5.41 Å². The third-order valence-electron chi connectivity index (χ3n) is 3.33. The van der Waals surface area contributed by atoms with Crippen LogP contribution in [0.25, 0.3) is 0 Å². The van der Waals surface area contributed by atoms with Crippen LogP contribution in [0.15, 0.2) is 12.3 Å².